The van der Waals surface area contributed by atoms with Crippen molar-refractivity contribution in [1.82, 2.24) is 4.98 Å². The van der Waals surface area contributed by atoms with Crippen LogP contribution in [0.1, 0.15) is 16.1 Å². The topological polar surface area (TPSA) is 56.0 Å². The molecule has 0 spiro atoms. The number of halogens is 1. The Balaban J connectivity index is 2.46. The summed E-state index contributed by atoms with van der Waals surface area (Å²) >= 11 is 1.20. The van der Waals surface area contributed by atoms with Gasteiger partial charge in [0.2, 0.25) is 0 Å². The molecule has 0 fully saturated rings. The molecule has 3 nitrogen and oxygen atoms in total. The van der Waals surface area contributed by atoms with Gasteiger partial charge in [-0.25, -0.2) is 9.37 Å². The van der Waals surface area contributed by atoms with Crippen molar-refractivity contribution >= 4 is 17.2 Å². The van der Waals surface area contributed by atoms with Crippen LogP contribution in [-0.4, -0.2) is 10.9 Å². The number of primary amides is 1. The molecule has 82 valence electrons. The summed E-state index contributed by atoms with van der Waals surface area (Å²) in [6.07, 6.45) is 0. The molecule has 0 unspecified atom stereocenters. The largest absolute Gasteiger partial charge is 0.364 e. The van der Waals surface area contributed by atoms with Crippen molar-refractivity contribution in [3.63, 3.8) is 0 Å². The van der Waals surface area contributed by atoms with E-state index in [9.17, 15) is 9.18 Å². The molecule has 2 N–H and O–H groups in total. The van der Waals surface area contributed by atoms with E-state index in [1.54, 1.807) is 12.1 Å². The Kier molecular flexibility index (Phi) is 2.70. The summed E-state index contributed by atoms with van der Waals surface area (Å²) in [5.74, 6) is -0.944. The first kappa shape index (κ1) is 10.8. The lowest BCUT2D eigenvalue weighted by Gasteiger charge is -1.99. The van der Waals surface area contributed by atoms with Crippen LogP contribution >= 0.6 is 11.3 Å². The third kappa shape index (κ3) is 1.94. The number of nitrogens with two attached hydrogens (primary N) is 1. The summed E-state index contributed by atoms with van der Waals surface area (Å²) in [7, 11) is 0. The minimum absolute atomic E-state index is 0.167. The highest BCUT2D eigenvalue weighted by molar-refractivity contribution is 7.13. The zero-order valence-corrected chi connectivity index (χ0v) is 9.34. The number of benzene rings is 1. The van der Waals surface area contributed by atoms with Crippen molar-refractivity contribution < 1.29 is 9.18 Å². The maximum atomic E-state index is 13.6. The van der Waals surface area contributed by atoms with Gasteiger partial charge < -0.3 is 5.73 Å². The highest BCUT2D eigenvalue weighted by Gasteiger charge is 2.11. The van der Waals surface area contributed by atoms with E-state index in [1.807, 2.05) is 6.92 Å². The Morgan fingerprint density at radius 3 is 2.81 bits per heavy atom. The van der Waals surface area contributed by atoms with Crippen LogP contribution in [0.25, 0.3) is 10.6 Å². The van der Waals surface area contributed by atoms with Crippen LogP contribution in [0.5, 0.6) is 0 Å². The van der Waals surface area contributed by atoms with E-state index in [2.05, 4.69) is 4.98 Å². The first-order chi connectivity index (χ1) is 7.58. The molecule has 0 aliphatic heterocycles. The summed E-state index contributed by atoms with van der Waals surface area (Å²) in [6.45, 7) is 1.81. The maximum Gasteiger partial charge on any atom is 0.268 e. The van der Waals surface area contributed by atoms with Crippen molar-refractivity contribution in [2.45, 2.75) is 6.92 Å². The van der Waals surface area contributed by atoms with Crippen LogP contribution < -0.4 is 5.73 Å². The summed E-state index contributed by atoms with van der Waals surface area (Å²) in [6, 6.07) is 4.87. The number of nitrogens with zero attached hydrogens (tertiary/aromatic N) is 1. The molecule has 1 aromatic heterocycles. The third-order valence-electron chi connectivity index (χ3n) is 2.11. The average molecular weight is 236 g/mol. The second-order valence-electron chi connectivity index (χ2n) is 3.39. The van der Waals surface area contributed by atoms with Crippen LogP contribution in [-0.2, 0) is 0 Å². The predicted octanol–water partition coefficient (Wildman–Crippen LogP) is 2.36. The van der Waals surface area contributed by atoms with Gasteiger partial charge in [-0.05, 0) is 24.6 Å². The number of thiazole rings is 1. The fourth-order valence-electron chi connectivity index (χ4n) is 1.30. The molecule has 2 aromatic rings. The molecule has 0 bridgehead atoms. The lowest BCUT2D eigenvalue weighted by atomic mass is 10.1. The number of aromatic nitrogens is 1. The second-order valence-corrected chi connectivity index (χ2v) is 4.24. The second kappa shape index (κ2) is 4.02. The summed E-state index contributed by atoms with van der Waals surface area (Å²) in [5, 5.41) is 1.99. The zero-order chi connectivity index (χ0) is 11.7. The molecular formula is C11H9FN2OS. The summed E-state index contributed by atoms with van der Waals surface area (Å²) in [4.78, 5) is 14.8. The van der Waals surface area contributed by atoms with Crippen LogP contribution in [0.15, 0.2) is 23.6 Å². The van der Waals surface area contributed by atoms with Crippen molar-refractivity contribution in [2.75, 3.05) is 0 Å². The minimum Gasteiger partial charge on any atom is -0.364 e. The highest BCUT2D eigenvalue weighted by atomic mass is 32.1. The molecule has 1 heterocycles. The van der Waals surface area contributed by atoms with Crippen LogP contribution in [0.3, 0.4) is 0 Å². The summed E-state index contributed by atoms with van der Waals surface area (Å²) in [5.41, 5.74) is 6.48. The van der Waals surface area contributed by atoms with Gasteiger partial charge in [-0.3, -0.25) is 4.79 Å². The number of hydrogen-bond acceptors (Lipinski definition) is 3. The molecule has 16 heavy (non-hydrogen) atoms. The molecule has 5 heteroatoms. The van der Waals surface area contributed by atoms with Gasteiger partial charge in [0, 0.05) is 10.9 Å². The fourth-order valence-corrected chi connectivity index (χ4v) is 2.14. The van der Waals surface area contributed by atoms with Gasteiger partial charge in [0.15, 0.2) is 0 Å². The lowest BCUT2D eigenvalue weighted by molar-refractivity contribution is 0.0996. The Hall–Kier alpha value is -1.75. The molecule has 0 aliphatic rings. The van der Waals surface area contributed by atoms with Gasteiger partial charge in [-0.15, -0.1) is 11.3 Å². The van der Waals surface area contributed by atoms with Gasteiger partial charge in [-0.1, -0.05) is 6.07 Å². The SMILES string of the molecule is Cc1ccc(-c2nc(C(N)=O)cs2)c(F)c1. The molecule has 0 saturated heterocycles. The minimum atomic E-state index is -0.602. The van der Waals surface area contributed by atoms with Gasteiger partial charge in [0.1, 0.15) is 16.5 Å². The molecule has 1 aromatic carbocycles. The first-order valence-corrected chi connectivity index (χ1v) is 5.48. The predicted molar refractivity (Wildman–Crippen MR) is 60.8 cm³/mol. The maximum absolute atomic E-state index is 13.6. The van der Waals surface area contributed by atoms with Crippen LogP contribution in [0.2, 0.25) is 0 Å². The highest BCUT2D eigenvalue weighted by Crippen LogP contribution is 2.26. The van der Waals surface area contributed by atoms with E-state index in [1.165, 1.54) is 22.8 Å². The molecule has 0 atom stereocenters. The zero-order valence-electron chi connectivity index (χ0n) is 8.53. The molecule has 0 aliphatic carbocycles. The number of rotatable bonds is 2. The van der Waals surface area contributed by atoms with E-state index in [0.717, 1.165) is 5.56 Å². The van der Waals surface area contributed by atoms with E-state index in [0.29, 0.717) is 10.6 Å². The van der Waals surface area contributed by atoms with E-state index < -0.39 is 5.91 Å². The Bertz CT molecular complexity index is 551. The van der Waals surface area contributed by atoms with Gasteiger partial charge in [0.05, 0.1) is 0 Å². The first-order valence-electron chi connectivity index (χ1n) is 4.60. The average Bonchev–Trinajstić information content (AvgIpc) is 2.66. The Labute approximate surface area is 95.7 Å². The molecule has 0 saturated carbocycles. The van der Waals surface area contributed by atoms with E-state index >= 15 is 0 Å². The van der Waals surface area contributed by atoms with Crippen molar-refractivity contribution in [2.24, 2.45) is 5.73 Å². The van der Waals surface area contributed by atoms with E-state index in [4.69, 9.17) is 5.73 Å². The van der Waals surface area contributed by atoms with Gasteiger partial charge in [0.25, 0.3) is 5.91 Å². The standard InChI is InChI=1S/C11H9FN2OS/c1-6-2-3-7(8(12)4-6)11-14-9(5-16-11)10(13)15/h2-5H,1H3,(H2,13,15). The molecular weight excluding hydrogens is 227 g/mol. The van der Waals surface area contributed by atoms with E-state index in [-0.39, 0.29) is 11.5 Å². The fraction of sp³-hybridized carbons (Fsp3) is 0.0909. The number of hydrogen-bond donors (Lipinski definition) is 1. The van der Waals surface area contributed by atoms with Crippen LogP contribution in [0, 0.1) is 12.7 Å². The molecule has 2 rings (SSSR count). The van der Waals surface area contributed by atoms with Gasteiger partial charge >= 0.3 is 0 Å². The summed E-state index contributed by atoms with van der Waals surface area (Å²) < 4.78 is 13.6. The van der Waals surface area contributed by atoms with Crippen molar-refractivity contribution in [1.29, 1.82) is 0 Å². The lowest BCUT2D eigenvalue weighted by Crippen LogP contribution is -2.10. The monoisotopic (exact) mass is 236 g/mol. The van der Waals surface area contributed by atoms with Gasteiger partial charge in [-0.2, -0.15) is 0 Å². The number of aryl methyl sites for hydroxylation is 1. The smallest absolute Gasteiger partial charge is 0.268 e. The Morgan fingerprint density at radius 1 is 1.50 bits per heavy atom. The van der Waals surface area contributed by atoms with Crippen LogP contribution in [0.4, 0.5) is 4.39 Å². The molecule has 0 radical (unpaired) electrons. The normalized spacial score (nSPS) is 10.4. The Morgan fingerprint density at radius 2 is 2.25 bits per heavy atom. The number of amides is 1. The van der Waals surface area contributed by atoms with Crippen molar-refractivity contribution in [3.05, 3.63) is 40.7 Å². The molecule has 1 amide bonds. The number of carbonyl (C=O) groups excluding carboxylic acids is 1. The number of carbonyl (C=O) groups is 1. The van der Waals surface area contributed by atoms with Crippen molar-refractivity contribution in [3.8, 4) is 10.6 Å². The third-order valence-corrected chi connectivity index (χ3v) is 2.99. The quantitative estimate of drug-likeness (QED) is 0.870.